The van der Waals surface area contributed by atoms with Gasteiger partial charge in [0.25, 0.3) is 0 Å². The average molecular weight is 189 g/mol. The maximum absolute atomic E-state index is 5.60. The second kappa shape index (κ2) is 8.48. The molecule has 0 aliphatic heterocycles. The van der Waals surface area contributed by atoms with Gasteiger partial charge in [-0.2, -0.15) is 0 Å². The van der Waals surface area contributed by atoms with Crippen molar-refractivity contribution in [1.82, 2.24) is 5.32 Å². The quantitative estimate of drug-likeness (QED) is 0.586. The van der Waals surface area contributed by atoms with Crippen LogP contribution in [0.15, 0.2) is 0 Å². The Morgan fingerprint density at radius 1 is 1.23 bits per heavy atom. The summed E-state index contributed by atoms with van der Waals surface area (Å²) in [5, 5.41) is 3.23. The third-order valence-electron chi connectivity index (χ3n) is 2.19. The lowest BCUT2D eigenvalue weighted by Gasteiger charge is -2.22. The summed E-state index contributed by atoms with van der Waals surface area (Å²) in [6.45, 7) is 8.39. The van der Waals surface area contributed by atoms with E-state index < -0.39 is 0 Å². The number of likely N-dealkylation sites (N-methyl/N-ethyl adjacent to an activating group) is 1. The van der Waals surface area contributed by atoms with Gasteiger partial charge in [-0.15, -0.1) is 0 Å². The number of ether oxygens (including phenoxy) is 2. The van der Waals surface area contributed by atoms with E-state index in [9.17, 15) is 0 Å². The Morgan fingerprint density at radius 2 is 1.92 bits per heavy atom. The molecule has 0 aromatic rings. The molecule has 2 atom stereocenters. The molecule has 0 fully saturated rings. The Labute approximate surface area is 81.8 Å². The highest BCUT2D eigenvalue weighted by molar-refractivity contribution is 4.69. The van der Waals surface area contributed by atoms with E-state index in [1.807, 2.05) is 14.0 Å². The topological polar surface area (TPSA) is 30.5 Å². The highest BCUT2D eigenvalue weighted by Gasteiger charge is 2.12. The van der Waals surface area contributed by atoms with E-state index in [1.54, 1.807) is 0 Å². The minimum absolute atomic E-state index is 0.260. The van der Waals surface area contributed by atoms with Crippen LogP contribution in [0.4, 0.5) is 0 Å². The molecule has 80 valence electrons. The van der Waals surface area contributed by atoms with E-state index in [4.69, 9.17) is 9.47 Å². The van der Waals surface area contributed by atoms with Crippen LogP contribution in [0.3, 0.4) is 0 Å². The number of rotatable bonds is 8. The van der Waals surface area contributed by atoms with Gasteiger partial charge >= 0.3 is 0 Å². The molecule has 0 aromatic heterocycles. The Balaban J connectivity index is 3.42. The molecule has 3 nitrogen and oxygen atoms in total. The summed E-state index contributed by atoms with van der Waals surface area (Å²) >= 11 is 0. The first-order valence-corrected chi connectivity index (χ1v) is 5.12. The molecule has 0 amide bonds. The normalized spacial score (nSPS) is 15.7. The molecule has 2 unspecified atom stereocenters. The van der Waals surface area contributed by atoms with Crippen molar-refractivity contribution in [2.45, 2.75) is 39.3 Å². The van der Waals surface area contributed by atoms with Crippen LogP contribution in [0.2, 0.25) is 0 Å². The van der Waals surface area contributed by atoms with Crippen molar-refractivity contribution in [3.63, 3.8) is 0 Å². The molecule has 0 aromatic carbocycles. The molecule has 0 saturated carbocycles. The lowest BCUT2D eigenvalue weighted by atomic mass is 10.1. The van der Waals surface area contributed by atoms with Gasteiger partial charge in [0, 0.05) is 12.6 Å². The van der Waals surface area contributed by atoms with E-state index in [0.29, 0.717) is 19.3 Å². The van der Waals surface area contributed by atoms with Crippen molar-refractivity contribution < 1.29 is 9.47 Å². The van der Waals surface area contributed by atoms with Crippen LogP contribution < -0.4 is 5.32 Å². The molecule has 0 aliphatic rings. The van der Waals surface area contributed by atoms with E-state index in [1.165, 1.54) is 0 Å². The van der Waals surface area contributed by atoms with Crippen molar-refractivity contribution in [2.24, 2.45) is 0 Å². The fourth-order valence-corrected chi connectivity index (χ4v) is 1.32. The van der Waals surface area contributed by atoms with Gasteiger partial charge in [-0.1, -0.05) is 6.92 Å². The molecule has 0 rings (SSSR count). The third-order valence-corrected chi connectivity index (χ3v) is 2.19. The molecule has 0 aliphatic carbocycles. The lowest BCUT2D eigenvalue weighted by molar-refractivity contribution is -0.000143. The van der Waals surface area contributed by atoms with E-state index >= 15 is 0 Å². The number of hydrogen-bond acceptors (Lipinski definition) is 3. The monoisotopic (exact) mass is 189 g/mol. The van der Waals surface area contributed by atoms with E-state index in [2.05, 4.69) is 19.2 Å². The van der Waals surface area contributed by atoms with Crippen molar-refractivity contribution in [1.29, 1.82) is 0 Å². The Hall–Kier alpha value is -0.120. The van der Waals surface area contributed by atoms with Gasteiger partial charge in [0.05, 0.1) is 19.3 Å². The molecule has 1 N–H and O–H groups in total. The minimum Gasteiger partial charge on any atom is -0.379 e. The molecular formula is C10H23NO2. The van der Waals surface area contributed by atoms with Crippen LogP contribution in [-0.2, 0) is 9.47 Å². The van der Waals surface area contributed by atoms with Gasteiger partial charge in [0.2, 0.25) is 0 Å². The second-order valence-electron chi connectivity index (χ2n) is 3.08. The first-order chi connectivity index (χ1) is 6.26. The maximum Gasteiger partial charge on any atom is 0.0704 e. The predicted molar refractivity (Wildman–Crippen MR) is 55.0 cm³/mol. The summed E-state index contributed by atoms with van der Waals surface area (Å²) in [4.78, 5) is 0. The molecule has 0 heterocycles. The first-order valence-electron chi connectivity index (χ1n) is 5.12. The zero-order valence-electron chi connectivity index (χ0n) is 9.30. The Bertz CT molecular complexity index is 105. The van der Waals surface area contributed by atoms with Gasteiger partial charge in [0.15, 0.2) is 0 Å². The van der Waals surface area contributed by atoms with Gasteiger partial charge < -0.3 is 14.8 Å². The van der Waals surface area contributed by atoms with Crippen LogP contribution in [0.25, 0.3) is 0 Å². The maximum atomic E-state index is 5.60. The van der Waals surface area contributed by atoms with Crippen molar-refractivity contribution in [3.8, 4) is 0 Å². The van der Waals surface area contributed by atoms with Crippen molar-refractivity contribution in [2.75, 3.05) is 26.9 Å². The second-order valence-corrected chi connectivity index (χ2v) is 3.08. The first kappa shape index (κ1) is 12.9. The average Bonchev–Trinajstić information content (AvgIpc) is 2.14. The summed E-state index contributed by atoms with van der Waals surface area (Å²) < 4.78 is 10.8. The van der Waals surface area contributed by atoms with Gasteiger partial charge in [-0.3, -0.25) is 0 Å². The molecule has 13 heavy (non-hydrogen) atoms. The Kier molecular flexibility index (Phi) is 8.40. The van der Waals surface area contributed by atoms with Crippen LogP contribution in [0.1, 0.15) is 27.2 Å². The number of nitrogens with one attached hydrogen (secondary N) is 1. The largest absolute Gasteiger partial charge is 0.379 e. The molecule has 0 saturated heterocycles. The van der Waals surface area contributed by atoms with Gasteiger partial charge in [0.1, 0.15) is 0 Å². The summed E-state index contributed by atoms with van der Waals surface area (Å²) in [6.07, 6.45) is 1.35. The van der Waals surface area contributed by atoms with Gasteiger partial charge in [-0.05, 0) is 27.3 Å². The zero-order valence-corrected chi connectivity index (χ0v) is 9.30. The van der Waals surface area contributed by atoms with Crippen molar-refractivity contribution >= 4 is 0 Å². The zero-order chi connectivity index (χ0) is 10.1. The smallest absolute Gasteiger partial charge is 0.0704 e. The van der Waals surface area contributed by atoms with Crippen LogP contribution in [0, 0.1) is 0 Å². The predicted octanol–water partition coefficient (Wildman–Crippen LogP) is 1.43. The number of hydrogen-bond donors (Lipinski definition) is 1. The SMILES string of the molecule is CCOCCOC(C)C(CC)NC. The summed E-state index contributed by atoms with van der Waals surface area (Å²) in [5.41, 5.74) is 0. The summed E-state index contributed by atoms with van der Waals surface area (Å²) in [5.74, 6) is 0. The lowest BCUT2D eigenvalue weighted by Crippen LogP contribution is -2.37. The fraction of sp³-hybridized carbons (Fsp3) is 1.00. The summed E-state index contributed by atoms with van der Waals surface area (Å²) in [6, 6.07) is 0.446. The molecule has 0 bridgehead atoms. The standard InChI is InChI=1S/C10H23NO2/c1-5-10(11-4)9(3)13-8-7-12-6-2/h9-11H,5-8H2,1-4H3. The third kappa shape index (κ3) is 6.02. The molecule has 0 radical (unpaired) electrons. The van der Waals surface area contributed by atoms with E-state index in [-0.39, 0.29) is 6.10 Å². The summed E-state index contributed by atoms with van der Waals surface area (Å²) in [7, 11) is 1.97. The van der Waals surface area contributed by atoms with Crippen molar-refractivity contribution in [3.05, 3.63) is 0 Å². The Morgan fingerprint density at radius 3 is 2.38 bits per heavy atom. The van der Waals surface area contributed by atoms with E-state index in [0.717, 1.165) is 13.0 Å². The minimum atomic E-state index is 0.260. The van der Waals surface area contributed by atoms with Crippen LogP contribution >= 0.6 is 0 Å². The van der Waals surface area contributed by atoms with Crippen LogP contribution in [0.5, 0.6) is 0 Å². The highest BCUT2D eigenvalue weighted by Crippen LogP contribution is 2.01. The molecular weight excluding hydrogens is 166 g/mol. The molecule has 0 spiro atoms. The highest BCUT2D eigenvalue weighted by atomic mass is 16.5. The molecule has 3 heteroatoms. The van der Waals surface area contributed by atoms with Crippen LogP contribution in [-0.4, -0.2) is 39.0 Å². The fourth-order valence-electron chi connectivity index (χ4n) is 1.32. The van der Waals surface area contributed by atoms with Gasteiger partial charge in [-0.25, -0.2) is 0 Å².